The quantitative estimate of drug-likeness (QED) is 0.0217. The lowest BCUT2D eigenvalue weighted by Gasteiger charge is -2.18. The molecule has 0 bridgehead atoms. The van der Waals surface area contributed by atoms with E-state index in [1.165, 1.54) is 0 Å². The molecule has 57 heavy (non-hydrogen) atoms. The van der Waals surface area contributed by atoms with Crippen molar-refractivity contribution in [1.29, 1.82) is 16.2 Å². The second-order valence-corrected chi connectivity index (χ2v) is 14.3. The topological polar surface area (TPSA) is 288 Å². The Hall–Kier alpha value is -5.50. The van der Waals surface area contributed by atoms with E-state index in [1.54, 1.807) is 0 Å². The Bertz CT molecular complexity index is 1850. The summed E-state index contributed by atoms with van der Waals surface area (Å²) in [6, 6.07) is 4.32. The van der Waals surface area contributed by atoms with E-state index in [2.05, 4.69) is 36.6 Å². The number of guanidine groups is 3. The first-order valence-electron chi connectivity index (χ1n) is 16.0. The lowest BCUT2D eigenvalue weighted by molar-refractivity contribution is -0.140. The van der Waals surface area contributed by atoms with Crippen LogP contribution in [0.25, 0.3) is 0 Å². The second-order valence-electron chi connectivity index (χ2n) is 11.0. The first kappa shape index (κ1) is 45.9. The second kappa shape index (κ2) is 20.6. The molecule has 0 radical (unpaired) electrons. The van der Waals surface area contributed by atoms with Crippen LogP contribution in [-0.2, 0) is 12.4 Å². The van der Waals surface area contributed by atoms with Crippen molar-refractivity contribution in [1.82, 2.24) is 25.9 Å². The van der Waals surface area contributed by atoms with E-state index < -0.39 is 58.1 Å². The number of hydrogen-bond acceptors (Lipinski definition) is 12. The predicted octanol–water partition coefficient (Wildman–Crippen LogP) is 3.76. The van der Waals surface area contributed by atoms with Crippen molar-refractivity contribution in [2.24, 2.45) is 17.2 Å². The molecule has 2 aromatic carbocycles. The molecule has 26 heteroatoms. The molecule has 17 nitrogen and oxygen atoms in total. The number of thioether (sulfide) groups is 3. The van der Waals surface area contributed by atoms with Gasteiger partial charge in [-0.1, -0.05) is 11.8 Å². The summed E-state index contributed by atoms with van der Waals surface area (Å²) in [5.41, 5.74) is 11.7. The minimum absolute atomic E-state index is 0.0780. The van der Waals surface area contributed by atoms with Crippen LogP contribution in [0.1, 0.15) is 32.1 Å². The molecule has 310 valence electrons. The maximum absolute atomic E-state index is 14.2. The van der Waals surface area contributed by atoms with E-state index in [9.17, 15) is 35.9 Å². The number of nitrogens with one attached hydrogen (secondary N) is 8. The van der Waals surface area contributed by atoms with Gasteiger partial charge in [0.25, 0.3) is 11.8 Å². The fraction of sp³-hybridized carbons (Fsp3) is 0.323. The average molecular weight is 866 g/mol. The van der Waals surface area contributed by atoms with Gasteiger partial charge in [-0.2, -0.15) is 26.3 Å². The molecule has 0 spiro atoms. The predicted molar refractivity (Wildman–Crippen MR) is 206 cm³/mol. The molecule has 3 aromatic rings. The number of halogens is 6. The number of hydrogen-bond donors (Lipinski definition) is 11. The number of nitrogens with zero attached hydrogens (tertiary/aromatic N) is 2. The van der Waals surface area contributed by atoms with Crippen LogP contribution in [0.5, 0.6) is 11.5 Å². The summed E-state index contributed by atoms with van der Waals surface area (Å²) in [4.78, 5) is 34.9. The maximum Gasteiger partial charge on any atom is 0.417 e. The lowest BCUT2D eigenvalue weighted by atomic mass is 10.1. The molecule has 0 fully saturated rings. The van der Waals surface area contributed by atoms with Crippen LogP contribution in [0.4, 0.5) is 37.7 Å². The molecule has 1 aromatic heterocycles. The van der Waals surface area contributed by atoms with Crippen LogP contribution < -0.4 is 53.3 Å². The summed E-state index contributed by atoms with van der Waals surface area (Å²) in [5.74, 6) is -3.32. The highest BCUT2D eigenvalue weighted by Gasteiger charge is 2.36. The molecule has 2 amide bonds. The van der Waals surface area contributed by atoms with E-state index in [0.29, 0.717) is 12.1 Å². The summed E-state index contributed by atoms with van der Waals surface area (Å²) < 4.78 is 95.6. The summed E-state index contributed by atoms with van der Waals surface area (Å²) in [5, 5.41) is 33.7. The van der Waals surface area contributed by atoms with E-state index >= 15 is 0 Å². The fourth-order valence-electron chi connectivity index (χ4n) is 4.45. The van der Waals surface area contributed by atoms with Crippen LogP contribution >= 0.6 is 35.3 Å². The van der Waals surface area contributed by atoms with Gasteiger partial charge in [-0.05, 0) is 24.3 Å². The molecule has 3 rings (SSSR count). The minimum Gasteiger partial charge on any atom is -0.495 e. The summed E-state index contributed by atoms with van der Waals surface area (Å²) >= 11 is 2.47. The van der Waals surface area contributed by atoms with Crippen molar-refractivity contribution >= 4 is 76.4 Å². The number of amides is 2. The molecule has 0 unspecified atom stereocenters. The first-order valence-corrected chi connectivity index (χ1v) is 18.9. The number of carbonyl (C=O) groups is 2. The Morgan fingerprint density at radius 1 is 0.632 bits per heavy atom. The van der Waals surface area contributed by atoms with Gasteiger partial charge in [-0.25, -0.2) is 9.97 Å². The largest absolute Gasteiger partial charge is 0.495 e. The summed E-state index contributed by atoms with van der Waals surface area (Å²) in [6.07, 6.45) is -9.76. The molecule has 0 aliphatic rings. The zero-order chi connectivity index (χ0) is 42.5. The Kier molecular flexibility index (Phi) is 16.6. The number of nitrogens with two attached hydrogens (primary N) is 3. The third-order valence-corrected chi connectivity index (χ3v) is 9.84. The van der Waals surface area contributed by atoms with Crippen molar-refractivity contribution in [2.45, 2.75) is 27.3 Å². The molecule has 0 saturated heterocycles. The molecule has 0 aliphatic carbocycles. The molecule has 0 saturated carbocycles. The maximum atomic E-state index is 14.2. The van der Waals surface area contributed by atoms with Gasteiger partial charge in [-0.3, -0.25) is 25.8 Å². The van der Waals surface area contributed by atoms with E-state index in [4.69, 9.17) is 42.9 Å². The highest BCUT2D eigenvalue weighted by molar-refractivity contribution is 7.99. The zero-order valence-electron chi connectivity index (χ0n) is 29.9. The summed E-state index contributed by atoms with van der Waals surface area (Å²) in [6.45, 7) is 0.268. The number of methoxy groups -OCH3 is 2. The Morgan fingerprint density at radius 2 is 0.982 bits per heavy atom. The summed E-state index contributed by atoms with van der Waals surface area (Å²) in [7, 11) is 2.33. The minimum atomic E-state index is -4.88. The number of rotatable bonds is 18. The van der Waals surface area contributed by atoms with Gasteiger partial charge in [0, 0.05) is 52.8 Å². The third-order valence-electron chi connectivity index (χ3n) is 6.88. The van der Waals surface area contributed by atoms with Gasteiger partial charge in [0.1, 0.15) is 22.9 Å². The van der Waals surface area contributed by atoms with Gasteiger partial charge in [0.05, 0.1) is 36.7 Å². The van der Waals surface area contributed by atoms with Gasteiger partial charge in [0.15, 0.2) is 23.0 Å². The monoisotopic (exact) mass is 865 g/mol. The van der Waals surface area contributed by atoms with Crippen LogP contribution in [-0.4, -0.2) is 90.8 Å². The van der Waals surface area contributed by atoms with Crippen molar-refractivity contribution in [3.8, 4) is 11.5 Å². The Labute approximate surface area is 333 Å². The van der Waals surface area contributed by atoms with Crippen LogP contribution in [0.15, 0.2) is 45.3 Å². The van der Waals surface area contributed by atoms with Crippen LogP contribution in [0, 0.1) is 16.2 Å². The number of ether oxygens (including phenoxy) is 2. The fourth-order valence-corrected chi connectivity index (χ4v) is 7.06. The molecule has 14 N–H and O–H groups in total. The number of anilines is 2. The molecule has 0 atom stereocenters. The van der Waals surface area contributed by atoms with E-state index in [1.807, 2.05) is 0 Å². The van der Waals surface area contributed by atoms with Crippen molar-refractivity contribution in [3.05, 3.63) is 52.8 Å². The van der Waals surface area contributed by atoms with Crippen LogP contribution in [0.2, 0.25) is 0 Å². The van der Waals surface area contributed by atoms with Crippen molar-refractivity contribution in [2.75, 3.05) is 61.7 Å². The van der Waals surface area contributed by atoms with Gasteiger partial charge >= 0.3 is 12.4 Å². The van der Waals surface area contributed by atoms with Crippen molar-refractivity contribution in [3.63, 3.8) is 0 Å². The molecular formula is C31H37F6N13O4S3. The van der Waals surface area contributed by atoms with Gasteiger partial charge < -0.3 is 53.3 Å². The number of alkyl halides is 6. The highest BCUT2D eigenvalue weighted by atomic mass is 32.2. The number of aromatic nitrogens is 2. The van der Waals surface area contributed by atoms with Gasteiger partial charge in [-0.15, -0.1) is 23.5 Å². The van der Waals surface area contributed by atoms with Crippen LogP contribution in [0.3, 0.4) is 0 Å². The van der Waals surface area contributed by atoms with Crippen molar-refractivity contribution < 1.29 is 45.4 Å². The third kappa shape index (κ3) is 14.2. The highest BCUT2D eigenvalue weighted by Crippen LogP contribution is 2.43. The Balaban J connectivity index is 2.02. The average Bonchev–Trinajstić information content (AvgIpc) is 3.12. The standard InChI is InChI=1S/C31H37F6N13O4S3/c1-53-20-12-22(55-6-3-44-26(38)39)14(30(32,33)34)9-16(20)47-24(51)18-11-19(50-29(49-18)57-8-5-46-28(42)43)25(52)48-17-10-15(31(35,36)37)23(13-21(17)54-2)56-7-4-45-27(40)41/h9-13H,3-8H2,1-2H3,(H,47,51)(H,48,52)(H4,38,39,44)(H4,40,41,45)(H4,42,43,46). The molecular weight excluding hydrogens is 829 g/mol. The first-order chi connectivity index (χ1) is 26.7. The van der Waals surface area contributed by atoms with E-state index in [-0.39, 0.29) is 81.2 Å². The lowest BCUT2D eigenvalue weighted by Crippen LogP contribution is -2.31. The normalized spacial score (nSPS) is 11.3. The SMILES string of the molecule is COc1cc(SCCNC(=N)N)c(C(F)(F)F)cc1NC(=O)c1cc(C(=O)Nc2cc(C(F)(F)F)c(SCCNC(=N)N)cc2OC)nc(SCCNC(=N)N)n1. The Morgan fingerprint density at radius 3 is 1.30 bits per heavy atom. The molecule has 1 heterocycles. The number of carbonyl (C=O) groups excluding carboxylic acids is 2. The smallest absolute Gasteiger partial charge is 0.417 e. The zero-order valence-corrected chi connectivity index (χ0v) is 32.3. The number of benzene rings is 2. The van der Waals surface area contributed by atoms with Gasteiger partial charge in [0.2, 0.25) is 0 Å². The van der Waals surface area contributed by atoms with E-state index in [0.717, 1.165) is 67.7 Å². The molecule has 0 aliphatic heterocycles.